The zero-order chi connectivity index (χ0) is 13.1. The van der Waals surface area contributed by atoms with E-state index in [0.29, 0.717) is 6.04 Å². The van der Waals surface area contributed by atoms with Crippen LogP contribution in [0.15, 0.2) is 23.8 Å². The van der Waals surface area contributed by atoms with Gasteiger partial charge in [-0.3, -0.25) is 0 Å². The molecule has 0 aromatic heterocycles. The van der Waals surface area contributed by atoms with E-state index in [0.717, 1.165) is 0 Å². The van der Waals surface area contributed by atoms with Crippen molar-refractivity contribution < 1.29 is 0 Å². The number of benzene rings is 1. The second-order valence-electron chi connectivity index (χ2n) is 5.56. The van der Waals surface area contributed by atoms with Crippen LogP contribution in [0.5, 0.6) is 0 Å². The summed E-state index contributed by atoms with van der Waals surface area (Å²) >= 11 is 0. The van der Waals surface area contributed by atoms with Crippen molar-refractivity contribution >= 4 is 0 Å². The molecule has 18 heavy (non-hydrogen) atoms. The number of hydrogen-bond donors (Lipinski definition) is 1. The average Bonchev–Trinajstić information content (AvgIpc) is 2.34. The van der Waals surface area contributed by atoms with E-state index < -0.39 is 0 Å². The minimum Gasteiger partial charge on any atom is -0.310 e. The summed E-state index contributed by atoms with van der Waals surface area (Å²) in [5.74, 6) is 0. The van der Waals surface area contributed by atoms with Gasteiger partial charge >= 0.3 is 0 Å². The third-order valence-electron chi connectivity index (χ3n) is 4.01. The maximum atomic E-state index is 3.52. The van der Waals surface area contributed by atoms with E-state index in [-0.39, 0.29) is 0 Å². The van der Waals surface area contributed by atoms with E-state index in [9.17, 15) is 0 Å². The molecule has 0 bridgehead atoms. The van der Waals surface area contributed by atoms with Crippen LogP contribution in [0.2, 0.25) is 0 Å². The average molecular weight is 243 g/mol. The normalized spacial score (nSPS) is 17.4. The molecule has 0 aliphatic heterocycles. The van der Waals surface area contributed by atoms with Crippen molar-refractivity contribution in [2.24, 2.45) is 0 Å². The first-order valence-electron chi connectivity index (χ1n) is 7.07. The van der Waals surface area contributed by atoms with Crippen LogP contribution in [0.4, 0.5) is 0 Å². The summed E-state index contributed by atoms with van der Waals surface area (Å²) in [7, 11) is 2.08. The first-order valence-corrected chi connectivity index (χ1v) is 7.07. The lowest BCUT2D eigenvalue weighted by molar-refractivity contribution is 0.589. The highest BCUT2D eigenvalue weighted by Gasteiger charge is 2.20. The van der Waals surface area contributed by atoms with Crippen LogP contribution < -0.4 is 5.32 Å². The van der Waals surface area contributed by atoms with Gasteiger partial charge in [-0.1, -0.05) is 29.3 Å². The number of likely N-dealkylation sites (N-methyl/N-ethyl adjacent to an activating group) is 1. The Labute approximate surface area is 111 Å². The van der Waals surface area contributed by atoms with Crippen molar-refractivity contribution in [1.29, 1.82) is 0 Å². The summed E-state index contributed by atoms with van der Waals surface area (Å²) in [6.07, 6.45) is 7.64. The van der Waals surface area contributed by atoms with E-state index in [1.807, 2.05) is 0 Å². The number of nitrogens with one attached hydrogen (secondary N) is 1. The monoisotopic (exact) mass is 243 g/mol. The van der Waals surface area contributed by atoms with Crippen molar-refractivity contribution in [2.45, 2.75) is 52.5 Å². The van der Waals surface area contributed by atoms with Crippen LogP contribution >= 0.6 is 0 Å². The zero-order valence-corrected chi connectivity index (χ0v) is 12.1. The predicted octanol–water partition coefficient (Wildman–Crippen LogP) is 4.37. The number of hydrogen-bond acceptors (Lipinski definition) is 1. The van der Waals surface area contributed by atoms with Gasteiger partial charge < -0.3 is 5.32 Å². The topological polar surface area (TPSA) is 12.0 Å². The molecule has 0 saturated heterocycles. The second-order valence-corrected chi connectivity index (χ2v) is 5.56. The maximum absolute atomic E-state index is 3.52. The van der Waals surface area contributed by atoms with E-state index in [2.05, 4.69) is 51.3 Å². The molecule has 0 amide bonds. The molecule has 1 aliphatic carbocycles. The summed E-state index contributed by atoms with van der Waals surface area (Å²) in [5.41, 5.74) is 7.26. The highest BCUT2D eigenvalue weighted by molar-refractivity contribution is 5.43. The van der Waals surface area contributed by atoms with Crippen LogP contribution in [-0.4, -0.2) is 7.05 Å². The first-order chi connectivity index (χ1) is 8.63. The number of allylic oxidation sites excluding steroid dienone is 1. The number of aryl methyl sites for hydroxylation is 3. The van der Waals surface area contributed by atoms with Gasteiger partial charge in [0.1, 0.15) is 0 Å². The molecule has 0 saturated carbocycles. The van der Waals surface area contributed by atoms with Gasteiger partial charge in [-0.25, -0.2) is 0 Å². The van der Waals surface area contributed by atoms with Crippen LogP contribution in [0, 0.1) is 20.8 Å². The van der Waals surface area contributed by atoms with E-state index in [1.165, 1.54) is 47.9 Å². The predicted molar refractivity (Wildman–Crippen MR) is 79.0 cm³/mol. The summed E-state index contributed by atoms with van der Waals surface area (Å²) in [5, 5.41) is 3.52. The van der Waals surface area contributed by atoms with Gasteiger partial charge in [0.15, 0.2) is 0 Å². The van der Waals surface area contributed by atoms with Crippen molar-refractivity contribution in [2.75, 3.05) is 7.05 Å². The fourth-order valence-electron chi connectivity index (χ4n) is 3.29. The fraction of sp³-hybridized carbons (Fsp3) is 0.529. The van der Waals surface area contributed by atoms with Crippen LogP contribution in [0.3, 0.4) is 0 Å². The summed E-state index contributed by atoms with van der Waals surface area (Å²) < 4.78 is 0. The minimum absolute atomic E-state index is 0.408. The molecule has 0 heterocycles. The Bertz CT molecular complexity index is 434. The molecule has 1 aromatic carbocycles. The molecular formula is C17H25N. The molecule has 0 radical (unpaired) electrons. The fourth-order valence-corrected chi connectivity index (χ4v) is 3.29. The lowest BCUT2D eigenvalue weighted by atomic mass is 9.85. The Morgan fingerprint density at radius 3 is 2.22 bits per heavy atom. The van der Waals surface area contributed by atoms with Crippen LogP contribution in [-0.2, 0) is 0 Å². The molecule has 0 fully saturated rings. The molecule has 1 atom stereocenters. The zero-order valence-electron chi connectivity index (χ0n) is 12.1. The Balaban J connectivity index is 2.41. The molecule has 98 valence electrons. The lowest BCUT2D eigenvalue weighted by Crippen LogP contribution is -2.22. The van der Waals surface area contributed by atoms with Gasteiger partial charge in [0.05, 0.1) is 6.04 Å². The van der Waals surface area contributed by atoms with Crippen molar-refractivity contribution in [3.63, 3.8) is 0 Å². The van der Waals surface area contributed by atoms with Gasteiger partial charge in [0.2, 0.25) is 0 Å². The van der Waals surface area contributed by atoms with Gasteiger partial charge in [0.25, 0.3) is 0 Å². The van der Waals surface area contributed by atoms with Crippen molar-refractivity contribution in [1.82, 2.24) is 5.32 Å². The van der Waals surface area contributed by atoms with E-state index >= 15 is 0 Å². The van der Waals surface area contributed by atoms with Crippen LogP contribution in [0.1, 0.15) is 54.0 Å². The molecule has 1 heteroatoms. The Morgan fingerprint density at radius 2 is 1.72 bits per heavy atom. The molecule has 2 rings (SSSR count). The maximum Gasteiger partial charge on any atom is 0.0538 e. The molecule has 0 spiro atoms. The molecule has 1 aromatic rings. The van der Waals surface area contributed by atoms with E-state index in [4.69, 9.17) is 0 Å². The van der Waals surface area contributed by atoms with Gasteiger partial charge in [-0.15, -0.1) is 0 Å². The summed E-state index contributed by atoms with van der Waals surface area (Å²) in [6.45, 7) is 6.66. The Kier molecular flexibility index (Phi) is 4.23. The molecule has 1 nitrogen and oxygen atoms in total. The Hall–Kier alpha value is -1.08. The highest BCUT2D eigenvalue weighted by atomic mass is 14.9. The summed E-state index contributed by atoms with van der Waals surface area (Å²) in [4.78, 5) is 0. The van der Waals surface area contributed by atoms with Crippen molar-refractivity contribution in [3.8, 4) is 0 Å². The lowest BCUT2D eigenvalue weighted by Gasteiger charge is -2.26. The SMILES string of the molecule is CNC(C1=CCCCC1)c1c(C)cc(C)cc1C. The largest absolute Gasteiger partial charge is 0.310 e. The molecule has 1 N–H and O–H groups in total. The van der Waals surface area contributed by atoms with Gasteiger partial charge in [-0.2, -0.15) is 0 Å². The van der Waals surface area contributed by atoms with E-state index in [1.54, 1.807) is 5.57 Å². The van der Waals surface area contributed by atoms with Crippen molar-refractivity contribution in [3.05, 3.63) is 46.0 Å². The smallest absolute Gasteiger partial charge is 0.0538 e. The highest BCUT2D eigenvalue weighted by Crippen LogP contribution is 2.33. The molecular weight excluding hydrogens is 218 g/mol. The minimum atomic E-state index is 0.408. The third-order valence-corrected chi connectivity index (χ3v) is 4.01. The number of rotatable bonds is 3. The summed E-state index contributed by atoms with van der Waals surface area (Å²) in [6, 6.07) is 5.01. The molecule has 1 aliphatic rings. The third kappa shape index (κ3) is 2.67. The van der Waals surface area contributed by atoms with Crippen LogP contribution in [0.25, 0.3) is 0 Å². The van der Waals surface area contributed by atoms with Gasteiger partial charge in [0, 0.05) is 0 Å². The first kappa shape index (κ1) is 13.4. The standard InChI is InChI=1S/C17H25N/c1-12-10-13(2)16(14(3)11-12)17(18-4)15-8-6-5-7-9-15/h8,10-11,17-18H,5-7,9H2,1-4H3. The Morgan fingerprint density at radius 1 is 1.06 bits per heavy atom. The molecule has 1 unspecified atom stereocenters. The second kappa shape index (κ2) is 5.71. The quantitative estimate of drug-likeness (QED) is 0.777. The van der Waals surface area contributed by atoms with Gasteiger partial charge in [-0.05, 0) is 70.2 Å².